The van der Waals surface area contributed by atoms with Crippen molar-refractivity contribution in [2.24, 2.45) is 22.2 Å². The van der Waals surface area contributed by atoms with Crippen LogP contribution in [-0.2, 0) is 23.8 Å². The second-order valence-corrected chi connectivity index (χ2v) is 11.6. The molecule has 5 rings (SSSR count). The Morgan fingerprint density at radius 1 is 1.15 bits per heavy atom. The van der Waals surface area contributed by atoms with Crippen molar-refractivity contribution in [2.75, 3.05) is 19.8 Å². The molecule has 0 aromatic heterocycles. The van der Waals surface area contributed by atoms with E-state index in [1.807, 2.05) is 0 Å². The molecule has 2 N–H and O–H groups in total. The van der Waals surface area contributed by atoms with Crippen LogP contribution in [0.1, 0.15) is 79.1 Å². The maximum absolute atomic E-state index is 12.8. The normalized spacial score (nSPS) is 43.9. The Bertz CT molecular complexity index is 951. The molecule has 1 unspecified atom stereocenters. The molecule has 34 heavy (non-hydrogen) atoms. The number of esters is 1. The molecule has 4 aliphatic carbocycles. The molecule has 1 spiro atoms. The molecular formula is C27H39NO6. The highest BCUT2D eigenvalue weighted by molar-refractivity contribution is 5.91. The summed E-state index contributed by atoms with van der Waals surface area (Å²) in [5, 5.41) is 15.2. The van der Waals surface area contributed by atoms with E-state index in [-0.39, 0.29) is 28.8 Å². The Morgan fingerprint density at radius 2 is 1.85 bits per heavy atom. The number of nitrogens with one attached hydrogen (secondary N) is 1. The zero-order valence-corrected chi connectivity index (χ0v) is 21.0. The molecule has 188 valence electrons. The monoisotopic (exact) mass is 473 g/mol. The van der Waals surface area contributed by atoms with Gasteiger partial charge in [0.05, 0.1) is 25.4 Å². The number of carbonyl (C=O) groups excluding carboxylic acids is 2. The lowest BCUT2D eigenvalue weighted by molar-refractivity contribution is -0.233. The molecule has 0 bridgehead atoms. The van der Waals surface area contributed by atoms with E-state index in [9.17, 15) is 14.7 Å². The molecule has 4 fully saturated rings. The standard InChI is InChI=1S/C27H39NO6/c1-5-32-22(30)21(28-17-29)19-8-9-25(4)20-7-6-18-16-26(33-14-15-34-26)12-10-23(18,2)27(20,31)13-11-24(19,25)3/h6,17,20,31H,5,7-16H2,1-4H3,(H,28,29)/t20-,23-,24+,25?,27+/m0/s1. The van der Waals surface area contributed by atoms with Crippen molar-refractivity contribution in [3.8, 4) is 0 Å². The fourth-order valence-corrected chi connectivity index (χ4v) is 8.44. The van der Waals surface area contributed by atoms with Crippen LogP contribution < -0.4 is 5.32 Å². The maximum Gasteiger partial charge on any atom is 0.354 e. The van der Waals surface area contributed by atoms with Crippen molar-refractivity contribution in [3.05, 3.63) is 22.9 Å². The molecule has 5 aliphatic rings. The Morgan fingerprint density at radius 3 is 2.53 bits per heavy atom. The summed E-state index contributed by atoms with van der Waals surface area (Å²) in [5.41, 5.74) is 0.867. The van der Waals surface area contributed by atoms with Crippen molar-refractivity contribution in [1.29, 1.82) is 0 Å². The van der Waals surface area contributed by atoms with E-state index in [4.69, 9.17) is 14.2 Å². The van der Waals surface area contributed by atoms with Gasteiger partial charge in [0.25, 0.3) is 0 Å². The Labute approximate surface area is 202 Å². The Kier molecular flexibility index (Phi) is 5.58. The molecule has 3 saturated carbocycles. The summed E-state index contributed by atoms with van der Waals surface area (Å²) >= 11 is 0. The predicted octanol–water partition coefficient (Wildman–Crippen LogP) is 3.76. The van der Waals surface area contributed by atoms with Gasteiger partial charge in [-0.15, -0.1) is 0 Å². The van der Waals surface area contributed by atoms with Gasteiger partial charge in [0.15, 0.2) is 5.79 Å². The zero-order chi connectivity index (χ0) is 24.4. The molecule has 0 aromatic carbocycles. The number of carbonyl (C=O) groups is 2. The summed E-state index contributed by atoms with van der Waals surface area (Å²) in [6.45, 7) is 10.0. The molecule has 1 saturated heterocycles. The van der Waals surface area contributed by atoms with Crippen molar-refractivity contribution in [3.63, 3.8) is 0 Å². The van der Waals surface area contributed by atoms with Crippen molar-refractivity contribution >= 4 is 12.4 Å². The molecule has 1 amide bonds. The SMILES string of the molecule is CCOC(=O)C(NC=O)=C1CCC2(C)[C@@H]3CC=C4CC5(CC[C@]4(C)[C@@]3(O)CC[C@]12C)OCCO5. The maximum atomic E-state index is 12.8. The van der Waals surface area contributed by atoms with Crippen LogP contribution in [0.4, 0.5) is 0 Å². The molecule has 5 atom stereocenters. The fraction of sp³-hybridized carbons (Fsp3) is 0.778. The number of amides is 1. The molecule has 7 nitrogen and oxygen atoms in total. The first-order chi connectivity index (χ1) is 16.1. The minimum Gasteiger partial charge on any atom is -0.461 e. The van der Waals surface area contributed by atoms with Gasteiger partial charge in [-0.25, -0.2) is 4.79 Å². The van der Waals surface area contributed by atoms with Gasteiger partial charge < -0.3 is 24.6 Å². The van der Waals surface area contributed by atoms with Crippen LogP contribution in [0.25, 0.3) is 0 Å². The Hall–Kier alpha value is -1.70. The quantitative estimate of drug-likeness (QED) is 0.279. The van der Waals surface area contributed by atoms with E-state index in [0.717, 1.165) is 44.1 Å². The molecule has 1 aliphatic heterocycles. The summed E-state index contributed by atoms with van der Waals surface area (Å²) in [4.78, 5) is 24.2. The van der Waals surface area contributed by atoms with E-state index < -0.39 is 17.4 Å². The van der Waals surface area contributed by atoms with E-state index in [1.165, 1.54) is 5.57 Å². The molecule has 7 heteroatoms. The third kappa shape index (κ3) is 2.99. The predicted molar refractivity (Wildman–Crippen MR) is 125 cm³/mol. The van der Waals surface area contributed by atoms with Crippen LogP contribution >= 0.6 is 0 Å². The Balaban J connectivity index is 1.54. The fourth-order valence-electron chi connectivity index (χ4n) is 8.44. The third-order valence-electron chi connectivity index (χ3n) is 10.7. The average Bonchev–Trinajstić information content (AvgIpc) is 3.36. The highest BCUT2D eigenvalue weighted by Gasteiger charge is 2.70. The topological polar surface area (TPSA) is 94.1 Å². The van der Waals surface area contributed by atoms with Gasteiger partial charge >= 0.3 is 5.97 Å². The lowest BCUT2D eigenvalue weighted by Crippen LogP contribution is -2.66. The number of fused-ring (bicyclic) bond motifs is 5. The van der Waals surface area contributed by atoms with E-state index in [1.54, 1.807) is 6.92 Å². The summed E-state index contributed by atoms with van der Waals surface area (Å²) in [6, 6.07) is 0. The largest absolute Gasteiger partial charge is 0.461 e. The minimum absolute atomic E-state index is 0.0594. The van der Waals surface area contributed by atoms with Gasteiger partial charge in [0, 0.05) is 18.3 Å². The zero-order valence-electron chi connectivity index (χ0n) is 21.0. The molecule has 1 heterocycles. The second kappa shape index (κ2) is 7.90. The van der Waals surface area contributed by atoms with Gasteiger partial charge in [0.1, 0.15) is 5.70 Å². The van der Waals surface area contributed by atoms with Crippen LogP contribution in [0, 0.1) is 22.2 Å². The smallest absolute Gasteiger partial charge is 0.354 e. The van der Waals surface area contributed by atoms with Crippen LogP contribution in [0.3, 0.4) is 0 Å². The van der Waals surface area contributed by atoms with Crippen molar-refractivity contribution in [1.82, 2.24) is 5.32 Å². The first-order valence-electron chi connectivity index (χ1n) is 12.9. The second-order valence-electron chi connectivity index (χ2n) is 11.6. The summed E-state index contributed by atoms with van der Waals surface area (Å²) in [7, 11) is 0. The van der Waals surface area contributed by atoms with Crippen molar-refractivity contribution < 1.29 is 28.9 Å². The number of rotatable bonds is 4. The van der Waals surface area contributed by atoms with Crippen LogP contribution in [0.5, 0.6) is 0 Å². The number of allylic oxidation sites excluding steroid dienone is 2. The minimum atomic E-state index is -0.830. The molecule has 0 radical (unpaired) electrons. The summed E-state index contributed by atoms with van der Waals surface area (Å²) in [5.74, 6) is -0.924. The van der Waals surface area contributed by atoms with E-state index in [2.05, 4.69) is 32.2 Å². The number of ether oxygens (including phenoxy) is 3. The van der Waals surface area contributed by atoms with E-state index in [0.29, 0.717) is 38.2 Å². The lowest BCUT2D eigenvalue weighted by Gasteiger charge is -2.66. The number of hydrogen-bond acceptors (Lipinski definition) is 6. The van der Waals surface area contributed by atoms with Crippen LogP contribution in [0.2, 0.25) is 0 Å². The van der Waals surface area contributed by atoms with Crippen LogP contribution in [-0.4, -0.2) is 48.7 Å². The van der Waals surface area contributed by atoms with Gasteiger partial charge in [-0.2, -0.15) is 0 Å². The van der Waals surface area contributed by atoms with Gasteiger partial charge in [-0.3, -0.25) is 4.79 Å². The van der Waals surface area contributed by atoms with Crippen molar-refractivity contribution in [2.45, 2.75) is 90.4 Å². The first-order valence-corrected chi connectivity index (χ1v) is 12.9. The van der Waals surface area contributed by atoms with Gasteiger partial charge in [-0.05, 0) is 67.8 Å². The number of hydrogen-bond donors (Lipinski definition) is 2. The highest BCUT2D eigenvalue weighted by Crippen LogP contribution is 2.73. The number of aliphatic hydroxyl groups is 1. The van der Waals surface area contributed by atoms with Crippen LogP contribution in [0.15, 0.2) is 22.9 Å². The third-order valence-corrected chi connectivity index (χ3v) is 10.7. The first kappa shape index (κ1) is 24.0. The van der Waals surface area contributed by atoms with Gasteiger partial charge in [-0.1, -0.05) is 32.4 Å². The molecule has 0 aromatic rings. The summed E-state index contributed by atoms with van der Waals surface area (Å²) < 4.78 is 17.3. The lowest BCUT2D eigenvalue weighted by atomic mass is 9.41. The van der Waals surface area contributed by atoms with E-state index >= 15 is 0 Å². The average molecular weight is 474 g/mol. The molecular weight excluding hydrogens is 434 g/mol. The van der Waals surface area contributed by atoms with Gasteiger partial charge in [0.2, 0.25) is 6.41 Å². The summed E-state index contributed by atoms with van der Waals surface area (Å²) in [6.07, 6.45) is 9.08. The highest BCUT2D eigenvalue weighted by atomic mass is 16.7.